The smallest absolute Gasteiger partial charge is 0.303 e. The van der Waals surface area contributed by atoms with E-state index >= 15 is 0 Å². The van der Waals surface area contributed by atoms with Gasteiger partial charge in [0.25, 0.3) is 0 Å². The number of imidazole rings is 1. The second kappa shape index (κ2) is 6.81. The van der Waals surface area contributed by atoms with E-state index < -0.39 is 5.97 Å². The zero-order valence-electron chi connectivity index (χ0n) is 13.4. The molecule has 0 aromatic carbocycles. The highest BCUT2D eigenvalue weighted by Gasteiger charge is 2.38. The summed E-state index contributed by atoms with van der Waals surface area (Å²) in [4.78, 5) is 29.5. The van der Waals surface area contributed by atoms with E-state index in [2.05, 4.69) is 20.4 Å². The van der Waals surface area contributed by atoms with Crippen molar-refractivity contribution in [1.82, 2.24) is 29.9 Å². The first-order valence-corrected chi connectivity index (χ1v) is 7.87. The van der Waals surface area contributed by atoms with Gasteiger partial charge < -0.3 is 14.6 Å². The zero-order valence-corrected chi connectivity index (χ0v) is 13.4. The van der Waals surface area contributed by atoms with Gasteiger partial charge in [0.2, 0.25) is 5.91 Å². The third-order valence-corrected chi connectivity index (χ3v) is 4.53. The Morgan fingerprint density at radius 2 is 2.25 bits per heavy atom. The molecule has 1 fully saturated rings. The molecule has 0 spiro atoms. The predicted molar refractivity (Wildman–Crippen MR) is 83.0 cm³/mol. The molecule has 1 aliphatic heterocycles. The molecule has 0 radical (unpaired) electrons. The number of likely N-dealkylation sites (tertiary alicyclic amines) is 1. The van der Waals surface area contributed by atoms with Crippen LogP contribution in [0.3, 0.4) is 0 Å². The van der Waals surface area contributed by atoms with Crippen LogP contribution < -0.4 is 0 Å². The van der Waals surface area contributed by atoms with Crippen molar-refractivity contribution >= 4 is 11.9 Å². The summed E-state index contributed by atoms with van der Waals surface area (Å²) in [7, 11) is 0. The van der Waals surface area contributed by atoms with E-state index in [-0.39, 0.29) is 24.2 Å². The second-order valence-corrected chi connectivity index (χ2v) is 6.08. The highest BCUT2D eigenvalue weighted by molar-refractivity contribution is 5.77. The highest BCUT2D eigenvalue weighted by atomic mass is 16.4. The number of carboxylic acid groups (broad SMARTS) is 1. The van der Waals surface area contributed by atoms with Crippen molar-refractivity contribution in [2.45, 2.75) is 32.2 Å². The minimum absolute atomic E-state index is 0.0158. The van der Waals surface area contributed by atoms with E-state index in [1.54, 1.807) is 17.3 Å². The van der Waals surface area contributed by atoms with Crippen molar-refractivity contribution in [1.29, 1.82) is 0 Å². The number of amides is 1. The molecular formula is C15H20N6O3. The number of nitrogens with one attached hydrogen (secondary N) is 1. The van der Waals surface area contributed by atoms with E-state index in [0.29, 0.717) is 31.7 Å². The van der Waals surface area contributed by atoms with Crippen LogP contribution in [-0.4, -0.2) is 59.9 Å². The lowest BCUT2D eigenvalue weighted by atomic mass is 9.91. The van der Waals surface area contributed by atoms with E-state index in [1.807, 2.05) is 17.7 Å². The van der Waals surface area contributed by atoms with Crippen molar-refractivity contribution in [3.63, 3.8) is 0 Å². The number of carbonyl (C=O) groups excluding carboxylic acids is 1. The van der Waals surface area contributed by atoms with Gasteiger partial charge in [-0.25, -0.2) is 4.98 Å². The fourth-order valence-corrected chi connectivity index (χ4v) is 3.24. The van der Waals surface area contributed by atoms with Gasteiger partial charge in [-0.15, -0.1) is 0 Å². The van der Waals surface area contributed by atoms with Crippen LogP contribution >= 0.6 is 0 Å². The van der Waals surface area contributed by atoms with Crippen molar-refractivity contribution in [3.8, 4) is 0 Å². The molecule has 1 aliphatic rings. The van der Waals surface area contributed by atoms with E-state index in [1.165, 1.54) is 0 Å². The second-order valence-electron chi connectivity index (χ2n) is 6.08. The van der Waals surface area contributed by atoms with Crippen molar-refractivity contribution in [3.05, 3.63) is 30.1 Å². The molecule has 9 heteroatoms. The van der Waals surface area contributed by atoms with Crippen molar-refractivity contribution in [2.24, 2.45) is 5.92 Å². The van der Waals surface area contributed by atoms with E-state index in [4.69, 9.17) is 5.11 Å². The summed E-state index contributed by atoms with van der Waals surface area (Å²) in [6, 6.07) is 0. The first kappa shape index (κ1) is 16.2. The Bertz CT molecular complexity index is 711. The van der Waals surface area contributed by atoms with Gasteiger partial charge in [-0.3, -0.25) is 9.59 Å². The minimum atomic E-state index is -0.864. The van der Waals surface area contributed by atoms with Crippen molar-refractivity contribution in [2.75, 3.05) is 13.1 Å². The summed E-state index contributed by atoms with van der Waals surface area (Å²) < 4.78 is 1.93. The lowest BCUT2D eigenvalue weighted by molar-refractivity contribution is -0.138. The van der Waals surface area contributed by atoms with Crippen molar-refractivity contribution < 1.29 is 14.7 Å². The van der Waals surface area contributed by atoms with Gasteiger partial charge in [0, 0.05) is 44.4 Å². The molecule has 3 rings (SSSR count). The number of aryl methyl sites for hydroxylation is 2. The van der Waals surface area contributed by atoms with E-state index in [9.17, 15) is 9.59 Å². The third-order valence-electron chi connectivity index (χ3n) is 4.53. The Morgan fingerprint density at radius 3 is 2.88 bits per heavy atom. The number of rotatable bonds is 6. The van der Waals surface area contributed by atoms with Gasteiger partial charge >= 0.3 is 5.97 Å². The molecule has 2 aromatic rings. The van der Waals surface area contributed by atoms with E-state index in [0.717, 1.165) is 5.82 Å². The Hall–Kier alpha value is -2.71. The van der Waals surface area contributed by atoms with Crippen LogP contribution in [0.4, 0.5) is 0 Å². The van der Waals surface area contributed by atoms with Crippen LogP contribution in [0.2, 0.25) is 0 Å². The fourth-order valence-electron chi connectivity index (χ4n) is 3.24. The first-order chi connectivity index (χ1) is 11.5. The molecule has 1 amide bonds. The Balaban J connectivity index is 1.64. The average Bonchev–Trinajstić information content (AvgIpc) is 3.24. The van der Waals surface area contributed by atoms with Gasteiger partial charge in [-0.2, -0.15) is 15.4 Å². The number of aromatic amines is 1. The molecule has 2 N–H and O–H groups in total. The number of aliphatic carboxylic acids is 1. The molecule has 0 saturated carbocycles. The summed E-state index contributed by atoms with van der Waals surface area (Å²) >= 11 is 0. The first-order valence-electron chi connectivity index (χ1n) is 7.87. The molecule has 0 bridgehead atoms. The molecule has 24 heavy (non-hydrogen) atoms. The van der Waals surface area contributed by atoms with Crippen LogP contribution in [0.15, 0.2) is 18.6 Å². The number of carboxylic acids is 1. The fraction of sp³-hybridized carbons (Fsp3) is 0.533. The minimum Gasteiger partial charge on any atom is -0.481 e. The highest BCUT2D eigenvalue weighted by Crippen LogP contribution is 2.33. The Labute approximate surface area is 138 Å². The van der Waals surface area contributed by atoms with Gasteiger partial charge in [0.15, 0.2) is 0 Å². The summed E-state index contributed by atoms with van der Waals surface area (Å²) in [5.74, 6) is -0.222. The monoisotopic (exact) mass is 332 g/mol. The number of hydrogen-bond donors (Lipinski definition) is 2. The largest absolute Gasteiger partial charge is 0.481 e. The number of H-pyrrole nitrogens is 1. The summed E-state index contributed by atoms with van der Waals surface area (Å²) in [5.41, 5.74) is 0.710. The standard InChI is InChI=1S/C15H20N6O3/c1-10-16-3-5-20(10)4-2-14(22)21-8-11(6-15(23)24)12(9-21)13-7-17-19-18-13/h3,5,7,11-12H,2,4,6,8-9H2,1H3,(H,23,24)(H,17,18,19)/t11-,12+/m1/s1. The normalized spacial score (nSPS) is 20.5. The lowest BCUT2D eigenvalue weighted by Gasteiger charge is -2.16. The van der Waals surface area contributed by atoms with Gasteiger partial charge in [-0.1, -0.05) is 0 Å². The van der Waals surface area contributed by atoms with Crippen LogP contribution in [0, 0.1) is 12.8 Å². The maximum atomic E-state index is 12.5. The zero-order chi connectivity index (χ0) is 17.1. The molecule has 0 unspecified atom stereocenters. The summed E-state index contributed by atoms with van der Waals surface area (Å²) in [6.07, 6.45) is 5.53. The molecule has 2 atom stereocenters. The summed E-state index contributed by atoms with van der Waals surface area (Å²) in [5, 5.41) is 19.5. The van der Waals surface area contributed by atoms with Crippen LogP contribution in [0.5, 0.6) is 0 Å². The Kier molecular flexibility index (Phi) is 4.59. The number of nitrogens with zero attached hydrogens (tertiary/aromatic N) is 5. The molecule has 9 nitrogen and oxygen atoms in total. The average molecular weight is 332 g/mol. The maximum absolute atomic E-state index is 12.5. The van der Waals surface area contributed by atoms with Gasteiger partial charge in [-0.05, 0) is 12.8 Å². The molecule has 2 aromatic heterocycles. The van der Waals surface area contributed by atoms with Gasteiger partial charge in [0.1, 0.15) is 5.82 Å². The number of aromatic nitrogens is 5. The molecule has 1 saturated heterocycles. The van der Waals surface area contributed by atoms with Crippen LogP contribution in [-0.2, 0) is 16.1 Å². The molecule has 0 aliphatic carbocycles. The molecule has 3 heterocycles. The summed E-state index contributed by atoms with van der Waals surface area (Å²) in [6.45, 7) is 3.38. The molecular weight excluding hydrogens is 312 g/mol. The maximum Gasteiger partial charge on any atom is 0.303 e. The van der Waals surface area contributed by atoms with Crippen LogP contribution in [0.25, 0.3) is 0 Å². The predicted octanol–water partition coefficient (Wildman–Crippen LogP) is 0.417. The lowest BCUT2D eigenvalue weighted by Crippen LogP contribution is -2.30. The van der Waals surface area contributed by atoms with Gasteiger partial charge in [0.05, 0.1) is 18.3 Å². The number of hydrogen-bond acceptors (Lipinski definition) is 5. The quantitative estimate of drug-likeness (QED) is 0.791. The Morgan fingerprint density at radius 1 is 1.42 bits per heavy atom. The molecule has 128 valence electrons. The topological polar surface area (TPSA) is 117 Å². The number of carbonyl (C=O) groups is 2. The third kappa shape index (κ3) is 3.44. The van der Waals surface area contributed by atoms with Crippen LogP contribution in [0.1, 0.15) is 30.3 Å². The SMILES string of the molecule is Cc1nccn1CCC(=O)N1C[C@@H](CC(=O)O)[C@@H](c2cn[nH]n2)C1.